The second-order valence-electron chi connectivity index (χ2n) is 7.86. The number of carbonyl (C=O) groups excluding carboxylic acids is 3. The summed E-state index contributed by atoms with van der Waals surface area (Å²) in [5.74, 6) is -1.36. The molecule has 0 saturated heterocycles. The molecule has 2 N–H and O–H groups in total. The zero-order valence-corrected chi connectivity index (χ0v) is 18.8. The average molecular weight is 445 g/mol. The number of hydrogen-bond acceptors (Lipinski definition) is 4. The minimum Gasteiger partial charge on any atom is -0.467 e. The van der Waals surface area contributed by atoms with Crippen LogP contribution in [0.2, 0.25) is 0 Å². The normalized spacial score (nSPS) is 12.3. The lowest BCUT2D eigenvalue weighted by Gasteiger charge is -2.22. The van der Waals surface area contributed by atoms with Gasteiger partial charge in [-0.1, -0.05) is 78.4 Å². The van der Waals surface area contributed by atoms with Crippen LogP contribution in [0.5, 0.6) is 0 Å². The van der Waals surface area contributed by atoms with Gasteiger partial charge in [-0.2, -0.15) is 0 Å². The molecule has 6 nitrogen and oxygen atoms in total. The van der Waals surface area contributed by atoms with Crippen molar-refractivity contribution in [2.45, 2.75) is 31.8 Å². The molecule has 0 aliphatic rings. The summed E-state index contributed by atoms with van der Waals surface area (Å²) in [7, 11) is 1.28. The van der Waals surface area contributed by atoms with Crippen LogP contribution in [-0.2, 0) is 27.2 Å². The molecule has 0 spiro atoms. The van der Waals surface area contributed by atoms with Crippen LogP contribution in [0.4, 0.5) is 0 Å². The summed E-state index contributed by atoms with van der Waals surface area (Å²) in [6.45, 7) is 1.94. The molecule has 170 valence electrons. The Hall–Kier alpha value is -3.93. The van der Waals surface area contributed by atoms with Crippen LogP contribution in [0, 0.1) is 6.92 Å². The van der Waals surface area contributed by atoms with Crippen LogP contribution < -0.4 is 10.6 Å². The van der Waals surface area contributed by atoms with Crippen molar-refractivity contribution in [3.8, 4) is 0 Å². The molecule has 3 aromatic carbocycles. The maximum atomic E-state index is 13.3. The third-order valence-corrected chi connectivity index (χ3v) is 5.30. The molecule has 0 unspecified atom stereocenters. The lowest BCUT2D eigenvalue weighted by Crippen LogP contribution is -2.53. The van der Waals surface area contributed by atoms with Crippen LogP contribution >= 0.6 is 0 Å². The molecule has 0 fully saturated rings. The molecule has 6 heteroatoms. The first-order valence-electron chi connectivity index (χ1n) is 10.8. The number of esters is 1. The SMILES string of the molecule is COC(=O)[C@@H](Cc1ccccc1)NC(=O)[C@@H](Cc1ccccc1)NC(=O)c1ccc(C)cc1. The Morgan fingerprint density at radius 2 is 1.24 bits per heavy atom. The first kappa shape index (κ1) is 23.7. The average Bonchev–Trinajstić information content (AvgIpc) is 2.84. The van der Waals surface area contributed by atoms with Gasteiger partial charge in [-0.05, 0) is 30.2 Å². The van der Waals surface area contributed by atoms with Crippen LogP contribution in [-0.4, -0.2) is 37.0 Å². The van der Waals surface area contributed by atoms with Crippen molar-refractivity contribution >= 4 is 17.8 Å². The molecule has 0 aliphatic carbocycles. The Morgan fingerprint density at radius 3 is 1.76 bits per heavy atom. The predicted molar refractivity (Wildman–Crippen MR) is 127 cm³/mol. The van der Waals surface area contributed by atoms with Gasteiger partial charge in [0.15, 0.2) is 0 Å². The van der Waals surface area contributed by atoms with Crippen molar-refractivity contribution in [3.05, 3.63) is 107 Å². The number of carbonyl (C=O) groups is 3. The third kappa shape index (κ3) is 7.04. The van der Waals surface area contributed by atoms with E-state index in [9.17, 15) is 14.4 Å². The molecule has 3 aromatic rings. The zero-order valence-electron chi connectivity index (χ0n) is 18.8. The largest absolute Gasteiger partial charge is 0.467 e. The minimum absolute atomic E-state index is 0.281. The van der Waals surface area contributed by atoms with E-state index in [1.807, 2.05) is 79.7 Å². The van der Waals surface area contributed by atoms with Gasteiger partial charge >= 0.3 is 5.97 Å². The lowest BCUT2D eigenvalue weighted by atomic mass is 10.0. The number of rotatable bonds is 9. The number of ether oxygens (including phenoxy) is 1. The van der Waals surface area contributed by atoms with E-state index in [2.05, 4.69) is 10.6 Å². The highest BCUT2D eigenvalue weighted by atomic mass is 16.5. The van der Waals surface area contributed by atoms with Gasteiger partial charge in [0.2, 0.25) is 5.91 Å². The molecule has 0 radical (unpaired) electrons. The Balaban J connectivity index is 1.79. The monoisotopic (exact) mass is 444 g/mol. The molecule has 0 heterocycles. The minimum atomic E-state index is -0.876. The number of methoxy groups -OCH3 is 1. The predicted octanol–water partition coefficient (Wildman–Crippen LogP) is 3.24. The molecule has 2 atom stereocenters. The number of amides is 2. The molecular weight excluding hydrogens is 416 g/mol. The first-order chi connectivity index (χ1) is 16.0. The Morgan fingerprint density at radius 1 is 0.727 bits per heavy atom. The molecule has 0 saturated carbocycles. The fraction of sp³-hybridized carbons (Fsp3) is 0.222. The molecular formula is C27H28N2O4. The summed E-state index contributed by atoms with van der Waals surface area (Å²) in [6, 6.07) is 24.2. The standard InChI is InChI=1S/C27H28N2O4/c1-19-13-15-22(16-14-19)25(30)28-23(17-20-9-5-3-6-10-20)26(31)29-24(27(32)33-2)18-21-11-7-4-8-12-21/h3-16,23-24H,17-18H2,1-2H3,(H,28,30)(H,29,31)/t23-,24-/m1/s1. The van der Waals surface area contributed by atoms with Gasteiger partial charge in [-0.3, -0.25) is 9.59 Å². The van der Waals surface area contributed by atoms with Gasteiger partial charge in [0.1, 0.15) is 12.1 Å². The van der Waals surface area contributed by atoms with E-state index in [4.69, 9.17) is 4.74 Å². The van der Waals surface area contributed by atoms with E-state index in [0.717, 1.165) is 16.7 Å². The van der Waals surface area contributed by atoms with Crippen molar-refractivity contribution in [1.82, 2.24) is 10.6 Å². The number of benzene rings is 3. The summed E-state index contributed by atoms with van der Waals surface area (Å²) in [6.07, 6.45) is 0.562. The fourth-order valence-electron chi connectivity index (χ4n) is 3.46. The molecule has 0 bridgehead atoms. The number of nitrogens with one attached hydrogen (secondary N) is 2. The van der Waals surface area contributed by atoms with Crippen LogP contribution in [0.1, 0.15) is 27.0 Å². The number of aryl methyl sites for hydroxylation is 1. The van der Waals surface area contributed by atoms with Crippen molar-refractivity contribution in [2.75, 3.05) is 7.11 Å². The van der Waals surface area contributed by atoms with E-state index in [1.165, 1.54) is 7.11 Å². The highest BCUT2D eigenvalue weighted by Crippen LogP contribution is 2.09. The zero-order chi connectivity index (χ0) is 23.6. The van der Waals surface area contributed by atoms with Gasteiger partial charge in [-0.25, -0.2) is 4.79 Å². The van der Waals surface area contributed by atoms with Crippen molar-refractivity contribution < 1.29 is 19.1 Å². The van der Waals surface area contributed by atoms with Gasteiger partial charge < -0.3 is 15.4 Å². The maximum absolute atomic E-state index is 13.3. The molecule has 3 rings (SSSR count). The quantitative estimate of drug-likeness (QED) is 0.497. The first-order valence-corrected chi connectivity index (χ1v) is 10.8. The van der Waals surface area contributed by atoms with E-state index in [-0.39, 0.29) is 18.7 Å². The van der Waals surface area contributed by atoms with Crippen LogP contribution in [0.15, 0.2) is 84.9 Å². The van der Waals surface area contributed by atoms with E-state index >= 15 is 0 Å². The van der Waals surface area contributed by atoms with Gasteiger partial charge in [0.25, 0.3) is 5.91 Å². The summed E-state index contributed by atoms with van der Waals surface area (Å²) in [4.78, 5) is 38.5. The molecule has 0 aromatic heterocycles. The smallest absolute Gasteiger partial charge is 0.328 e. The highest BCUT2D eigenvalue weighted by Gasteiger charge is 2.28. The highest BCUT2D eigenvalue weighted by molar-refractivity contribution is 5.98. The van der Waals surface area contributed by atoms with Crippen LogP contribution in [0.25, 0.3) is 0 Å². The summed E-state index contributed by atoms with van der Waals surface area (Å²) < 4.78 is 4.90. The van der Waals surface area contributed by atoms with Crippen molar-refractivity contribution in [2.24, 2.45) is 0 Å². The number of hydrogen-bond donors (Lipinski definition) is 2. The van der Waals surface area contributed by atoms with Gasteiger partial charge in [0.05, 0.1) is 7.11 Å². The summed E-state index contributed by atoms with van der Waals surface area (Å²) in [5.41, 5.74) is 3.27. The van der Waals surface area contributed by atoms with Gasteiger partial charge in [-0.15, -0.1) is 0 Å². The third-order valence-electron chi connectivity index (χ3n) is 5.30. The summed E-state index contributed by atoms with van der Waals surface area (Å²) in [5, 5.41) is 5.60. The second kappa shape index (κ2) is 11.6. The maximum Gasteiger partial charge on any atom is 0.328 e. The van der Waals surface area contributed by atoms with Crippen molar-refractivity contribution in [3.63, 3.8) is 0 Å². The van der Waals surface area contributed by atoms with E-state index < -0.39 is 24.0 Å². The Kier molecular flexibility index (Phi) is 8.36. The fourth-order valence-corrected chi connectivity index (χ4v) is 3.46. The van der Waals surface area contributed by atoms with E-state index in [1.54, 1.807) is 12.1 Å². The van der Waals surface area contributed by atoms with Crippen molar-refractivity contribution in [1.29, 1.82) is 0 Å². The topological polar surface area (TPSA) is 84.5 Å². The Labute approximate surface area is 194 Å². The molecule has 2 amide bonds. The summed E-state index contributed by atoms with van der Waals surface area (Å²) >= 11 is 0. The van der Waals surface area contributed by atoms with Crippen LogP contribution in [0.3, 0.4) is 0 Å². The molecule has 33 heavy (non-hydrogen) atoms. The molecule has 0 aliphatic heterocycles. The van der Waals surface area contributed by atoms with E-state index in [0.29, 0.717) is 5.56 Å². The second-order valence-corrected chi connectivity index (χ2v) is 7.86. The lowest BCUT2D eigenvalue weighted by molar-refractivity contribution is -0.145. The van der Waals surface area contributed by atoms with Gasteiger partial charge in [0, 0.05) is 18.4 Å². The Bertz CT molecular complexity index is 1070.